The zero-order chi connectivity index (χ0) is 48.8. The minimum absolute atomic E-state index is 0.102. The molecule has 0 atom stereocenters. The highest BCUT2D eigenvalue weighted by atomic mass is 35.5. The molecule has 6 aromatic heterocycles. The zero-order valence-corrected chi connectivity index (χ0v) is 39.4. The van der Waals surface area contributed by atoms with Crippen molar-refractivity contribution in [1.29, 1.82) is 0 Å². The third-order valence-corrected chi connectivity index (χ3v) is 11.4. The molecule has 0 unspecified atom stereocenters. The summed E-state index contributed by atoms with van der Waals surface area (Å²) in [6.45, 7) is 4.53. The molecule has 4 N–H and O–H groups in total. The molecule has 0 fully saturated rings. The number of Topliss-reactive ketones (excluding diaryl/α,β-unsaturated/α-hetero) is 2. The van der Waals surface area contributed by atoms with Gasteiger partial charge in [-0.2, -0.15) is 10.2 Å². The summed E-state index contributed by atoms with van der Waals surface area (Å²) in [5.41, 5.74) is 13.9. The molecule has 0 spiro atoms. The van der Waals surface area contributed by atoms with Gasteiger partial charge < -0.3 is 20.7 Å². The predicted octanol–water partition coefficient (Wildman–Crippen LogP) is 9.97. The largest absolute Gasteiger partial charge is 0.488 e. The van der Waals surface area contributed by atoms with E-state index in [2.05, 4.69) is 74.2 Å². The highest BCUT2D eigenvalue weighted by Crippen LogP contribution is 2.34. The molecule has 348 valence electrons. The first-order valence-corrected chi connectivity index (χ1v) is 23.1. The summed E-state index contributed by atoms with van der Waals surface area (Å²) in [4.78, 5) is 31.7. The van der Waals surface area contributed by atoms with Gasteiger partial charge in [0, 0.05) is 79.8 Å². The van der Waals surface area contributed by atoms with E-state index in [0.717, 1.165) is 67.2 Å². The van der Waals surface area contributed by atoms with E-state index in [1.54, 1.807) is 67.4 Å². The fraction of sp³-hybridized carbons (Fsp3) is 0.107. The molecule has 10 rings (SSSR count). The van der Waals surface area contributed by atoms with Crippen molar-refractivity contribution in [2.45, 2.75) is 39.8 Å². The Balaban J connectivity index is 0.000000161. The van der Waals surface area contributed by atoms with Crippen molar-refractivity contribution < 1.29 is 19.6 Å². The van der Waals surface area contributed by atoms with Crippen molar-refractivity contribution in [3.05, 3.63) is 222 Å². The van der Waals surface area contributed by atoms with Crippen LogP contribution in [0.3, 0.4) is 0 Å². The van der Waals surface area contributed by atoms with Gasteiger partial charge in [-0.25, -0.2) is 9.03 Å². The molecular weight excluding hydrogens is 895 g/mol. The number of carbonyl (C=O) groups is 2. The summed E-state index contributed by atoms with van der Waals surface area (Å²) >= 11 is 6.39. The molecule has 6 heterocycles. The lowest BCUT2D eigenvalue weighted by Gasteiger charge is -2.13. The molecule has 0 aliphatic heterocycles. The van der Waals surface area contributed by atoms with Crippen molar-refractivity contribution in [2.24, 2.45) is 0 Å². The number of pyridine rings is 2. The van der Waals surface area contributed by atoms with E-state index < -0.39 is 7.12 Å². The molecule has 0 aliphatic rings. The average molecular weight is 945 g/mol. The van der Waals surface area contributed by atoms with E-state index in [1.807, 2.05) is 102 Å². The first kappa shape index (κ1) is 48.2. The lowest BCUT2D eigenvalue weighted by molar-refractivity contribution is -0.117. The molecule has 0 radical (unpaired) electrons. The fourth-order valence-electron chi connectivity index (χ4n) is 7.85. The molecule has 0 bridgehead atoms. The van der Waals surface area contributed by atoms with Crippen LogP contribution in [0.1, 0.15) is 36.1 Å². The third-order valence-electron chi connectivity index (χ3n) is 11.1. The maximum atomic E-state index is 11.6. The lowest BCUT2D eigenvalue weighted by Crippen LogP contribution is -2.29. The highest BCUT2D eigenvalue weighted by molar-refractivity contribution is 6.58. The summed E-state index contributed by atoms with van der Waals surface area (Å²) in [5.74, 6) is 0.213. The van der Waals surface area contributed by atoms with E-state index >= 15 is 0 Å². The van der Waals surface area contributed by atoms with Crippen LogP contribution in [0, 0.1) is 0 Å². The first-order chi connectivity index (χ1) is 34.1. The molecule has 4 aromatic carbocycles. The number of halogens is 1. The van der Waals surface area contributed by atoms with Crippen LogP contribution in [-0.4, -0.2) is 57.9 Å². The summed E-state index contributed by atoms with van der Waals surface area (Å²) < 4.78 is 3.69. The first-order valence-electron chi connectivity index (χ1n) is 22.7. The number of ketones is 2. The number of fused-ring (bicyclic) bond motifs is 2. The zero-order valence-electron chi connectivity index (χ0n) is 38.7. The quantitative estimate of drug-likeness (QED) is 0.0774. The Hall–Kier alpha value is -8.23. The van der Waals surface area contributed by atoms with Gasteiger partial charge in [0.25, 0.3) is 0 Å². The van der Waals surface area contributed by atoms with Gasteiger partial charge in [0.15, 0.2) is 0 Å². The summed E-state index contributed by atoms with van der Waals surface area (Å²) in [5, 5.41) is 34.4. The van der Waals surface area contributed by atoms with Gasteiger partial charge in [-0.15, -0.1) is 0 Å². The number of benzene rings is 4. The van der Waals surface area contributed by atoms with Crippen molar-refractivity contribution in [3.63, 3.8) is 0 Å². The maximum Gasteiger partial charge on any atom is 0.488 e. The second kappa shape index (κ2) is 23.2. The number of rotatable bonds is 14. The number of carbonyl (C=O) groups excluding carboxylic acids is 2. The molecule has 10 aromatic rings. The maximum absolute atomic E-state index is 11.6. The summed E-state index contributed by atoms with van der Waals surface area (Å²) in [7, 11) is -1.34. The van der Waals surface area contributed by atoms with Crippen LogP contribution < -0.4 is 16.1 Å². The van der Waals surface area contributed by atoms with E-state index in [1.165, 1.54) is 11.1 Å². The van der Waals surface area contributed by atoms with Crippen molar-refractivity contribution >= 4 is 58.2 Å². The molecule has 0 aliphatic carbocycles. The Morgan fingerprint density at radius 2 is 0.971 bits per heavy atom. The molecule has 12 nitrogen and oxygen atoms in total. The minimum Gasteiger partial charge on any atom is -0.423 e. The number of aromatic nitrogens is 6. The Labute approximate surface area is 411 Å². The summed E-state index contributed by atoms with van der Waals surface area (Å²) in [6.07, 6.45) is 11.5. The van der Waals surface area contributed by atoms with Crippen molar-refractivity contribution in [3.8, 4) is 33.6 Å². The normalized spacial score (nSPS) is 10.7. The molecule has 14 heteroatoms. The number of nitrogens with zero attached hydrogens (tertiary/aromatic N) is 6. The van der Waals surface area contributed by atoms with Crippen LogP contribution in [0.5, 0.6) is 0 Å². The second-order valence-corrected chi connectivity index (χ2v) is 17.0. The molecule has 0 saturated heterocycles. The van der Waals surface area contributed by atoms with Gasteiger partial charge in [-0.3, -0.25) is 19.6 Å². The average Bonchev–Trinajstić information content (AvgIpc) is 4.00. The molecule has 70 heavy (non-hydrogen) atoms. The van der Waals surface area contributed by atoms with E-state index in [-0.39, 0.29) is 11.6 Å². The molecular formula is C56H50BClN8O4. The molecule has 0 saturated carbocycles. The highest BCUT2D eigenvalue weighted by Gasteiger charge is 2.16. The number of hydrogen-bond acceptors (Lipinski definition) is 10. The van der Waals surface area contributed by atoms with Gasteiger partial charge in [0.05, 0.1) is 33.3 Å². The van der Waals surface area contributed by atoms with Crippen LogP contribution in [0.2, 0.25) is 5.02 Å². The standard InChI is InChI=1S/C28H24N4O.C22H19ClN4O.C6H7BO2/c1-20(33)14-22-15-24(19-29-17-22)26-16-27(30-18-21-8-4-2-5-9-21)28-25(12-13-32(28)31-26)23-10-6-3-7-11-23;1-15(28)9-17-10-18(14-24-12-17)20-11-21(22-19(23)7-8-27(22)26-20)25-13-16-5-3-2-4-6-16;8-7(9)6-4-2-1-3-5-6/h2-13,15-17,19,30H,14,18H2,1H3;2-8,10-12,14,25H,9,13H2,1H3;1-5,8-9H. The molecule has 0 amide bonds. The van der Waals surface area contributed by atoms with E-state index in [9.17, 15) is 9.59 Å². The monoisotopic (exact) mass is 944 g/mol. The van der Waals surface area contributed by atoms with Gasteiger partial charge in [0.1, 0.15) is 17.1 Å². The fourth-order valence-corrected chi connectivity index (χ4v) is 8.09. The number of nitrogens with one attached hydrogen (secondary N) is 2. The van der Waals surface area contributed by atoms with E-state index in [4.69, 9.17) is 26.7 Å². The second-order valence-electron chi connectivity index (χ2n) is 16.6. The van der Waals surface area contributed by atoms with Crippen LogP contribution in [0.25, 0.3) is 44.7 Å². The van der Waals surface area contributed by atoms with Gasteiger partial charge in [-0.05, 0) is 83.5 Å². The van der Waals surface area contributed by atoms with E-state index in [0.29, 0.717) is 36.4 Å². The number of anilines is 2. The minimum atomic E-state index is -1.34. The van der Waals surface area contributed by atoms with Crippen LogP contribution >= 0.6 is 11.6 Å². The van der Waals surface area contributed by atoms with Crippen LogP contribution in [0.4, 0.5) is 11.4 Å². The Morgan fingerprint density at radius 1 is 0.529 bits per heavy atom. The SMILES string of the molecule is CC(=O)Cc1cncc(-c2cc(NCc3ccccc3)c3c(-c4ccccc4)ccn3n2)c1.CC(=O)Cc1cncc(-c2cc(NCc3ccccc3)c3c(Cl)ccn3n2)c1.OB(O)c1ccccc1. The van der Waals surface area contributed by atoms with Gasteiger partial charge >= 0.3 is 7.12 Å². The third kappa shape index (κ3) is 12.6. The predicted molar refractivity (Wildman–Crippen MR) is 280 cm³/mol. The van der Waals surface area contributed by atoms with Gasteiger partial charge in [0.2, 0.25) is 0 Å². The smallest absolute Gasteiger partial charge is 0.423 e. The van der Waals surface area contributed by atoms with Gasteiger partial charge in [-0.1, -0.05) is 133 Å². The topological polar surface area (TPSA) is 159 Å². The van der Waals surface area contributed by atoms with Crippen LogP contribution in [-0.2, 0) is 35.5 Å². The van der Waals surface area contributed by atoms with Crippen LogP contribution in [0.15, 0.2) is 195 Å². The lowest BCUT2D eigenvalue weighted by atomic mass is 9.81. The Morgan fingerprint density at radius 3 is 1.44 bits per heavy atom. The number of hydrogen-bond donors (Lipinski definition) is 4. The van der Waals surface area contributed by atoms with Crippen molar-refractivity contribution in [2.75, 3.05) is 10.6 Å². The van der Waals surface area contributed by atoms with Crippen molar-refractivity contribution in [1.82, 2.24) is 29.2 Å². The Bertz CT molecular complexity index is 3340. The Kier molecular flexibility index (Phi) is 16.0. The summed E-state index contributed by atoms with van der Waals surface area (Å²) in [6, 6.07) is 51.4.